The molecule has 0 fully saturated rings. The molecule has 0 radical (unpaired) electrons. The molecule has 2 amide bonds. The number of likely N-dealkylation sites (N-methyl/N-ethyl adjacent to an activating group) is 1. The topological polar surface area (TPSA) is 97.5 Å². The lowest BCUT2D eigenvalue weighted by atomic mass is 10.1. The number of nitrogen functional groups attached to an aromatic ring is 1. The van der Waals surface area contributed by atoms with Gasteiger partial charge in [0.2, 0.25) is 11.8 Å². The van der Waals surface area contributed by atoms with Gasteiger partial charge in [0.05, 0.1) is 17.3 Å². The summed E-state index contributed by atoms with van der Waals surface area (Å²) < 4.78 is 6.06. The molecule has 194 valence electrons. The summed E-state index contributed by atoms with van der Waals surface area (Å²) in [6, 6.07) is 20.0. The highest BCUT2D eigenvalue weighted by molar-refractivity contribution is 6.38. The van der Waals surface area contributed by atoms with Crippen LogP contribution in [0.15, 0.2) is 72.8 Å². The third-order valence-electron chi connectivity index (χ3n) is 5.87. The Balaban J connectivity index is 1.42. The summed E-state index contributed by atoms with van der Waals surface area (Å²) in [5, 5.41) is 4.23. The van der Waals surface area contributed by atoms with Crippen molar-refractivity contribution < 1.29 is 14.3 Å². The van der Waals surface area contributed by atoms with Crippen molar-refractivity contribution in [2.75, 3.05) is 24.2 Å². The number of amides is 2. The van der Waals surface area contributed by atoms with E-state index in [-0.39, 0.29) is 24.1 Å². The Bertz CT molecular complexity index is 1520. The maximum absolute atomic E-state index is 12.8. The molecule has 1 heterocycles. The minimum Gasteiger partial charge on any atom is -0.487 e. The standard InChI is InChI=1S/C29H26Cl2N4O3/c1-18-6-10-20-4-3-5-25(29(20)34-18)38-17-22-23(30)13-14-24(28(22)31)35(2)27(37)16-33-26(36)15-9-19-7-11-21(32)12-8-19/h3-15H,16-17,32H2,1-2H3,(H,33,36). The van der Waals surface area contributed by atoms with Crippen molar-refractivity contribution in [2.45, 2.75) is 13.5 Å². The summed E-state index contributed by atoms with van der Waals surface area (Å²) in [7, 11) is 1.58. The minimum absolute atomic E-state index is 0.0783. The van der Waals surface area contributed by atoms with Crippen LogP contribution in [0.25, 0.3) is 17.0 Å². The quantitative estimate of drug-likeness (QED) is 0.214. The van der Waals surface area contributed by atoms with Crippen LogP contribution in [0, 0.1) is 6.92 Å². The van der Waals surface area contributed by atoms with Crippen molar-refractivity contribution in [3.8, 4) is 5.75 Å². The highest BCUT2D eigenvalue weighted by atomic mass is 35.5. The fourth-order valence-corrected chi connectivity index (χ4v) is 4.32. The molecule has 0 spiro atoms. The number of carbonyl (C=O) groups excluding carboxylic acids is 2. The van der Waals surface area contributed by atoms with Crippen LogP contribution in [0.2, 0.25) is 10.0 Å². The van der Waals surface area contributed by atoms with Gasteiger partial charge in [-0.05, 0) is 55.0 Å². The first kappa shape index (κ1) is 27.0. The fourth-order valence-electron chi connectivity index (χ4n) is 3.71. The summed E-state index contributed by atoms with van der Waals surface area (Å²) in [5.74, 6) is -0.161. The minimum atomic E-state index is -0.404. The first-order chi connectivity index (χ1) is 18.2. The smallest absolute Gasteiger partial charge is 0.246 e. The largest absolute Gasteiger partial charge is 0.487 e. The molecule has 38 heavy (non-hydrogen) atoms. The molecule has 9 heteroatoms. The number of hydrogen-bond acceptors (Lipinski definition) is 5. The van der Waals surface area contributed by atoms with Crippen LogP contribution < -0.4 is 20.7 Å². The van der Waals surface area contributed by atoms with Crippen molar-refractivity contribution in [2.24, 2.45) is 0 Å². The lowest BCUT2D eigenvalue weighted by Crippen LogP contribution is -2.37. The van der Waals surface area contributed by atoms with E-state index < -0.39 is 5.91 Å². The van der Waals surface area contributed by atoms with Gasteiger partial charge in [-0.1, -0.05) is 53.5 Å². The van der Waals surface area contributed by atoms with Crippen LogP contribution in [-0.2, 0) is 16.2 Å². The van der Waals surface area contributed by atoms with Gasteiger partial charge in [-0.25, -0.2) is 4.98 Å². The Kier molecular flexibility index (Phi) is 8.51. The normalized spacial score (nSPS) is 11.1. The van der Waals surface area contributed by atoms with Gasteiger partial charge in [-0.3, -0.25) is 9.59 Å². The number of carbonyl (C=O) groups is 2. The molecule has 0 atom stereocenters. The molecule has 0 saturated heterocycles. The van der Waals surface area contributed by atoms with Crippen LogP contribution in [0.4, 0.5) is 11.4 Å². The highest BCUT2D eigenvalue weighted by Crippen LogP contribution is 2.35. The number of fused-ring (bicyclic) bond motifs is 1. The number of anilines is 2. The molecule has 0 aliphatic heterocycles. The predicted octanol–water partition coefficient (Wildman–Crippen LogP) is 5.80. The van der Waals surface area contributed by atoms with Crippen molar-refractivity contribution in [3.05, 3.63) is 99.7 Å². The average molecular weight is 549 g/mol. The molecular weight excluding hydrogens is 523 g/mol. The van der Waals surface area contributed by atoms with Crippen LogP contribution in [-0.4, -0.2) is 30.4 Å². The number of benzene rings is 3. The summed E-state index contributed by atoms with van der Waals surface area (Å²) in [5.41, 5.74) is 9.71. The molecule has 3 N–H and O–H groups in total. The van der Waals surface area contributed by atoms with Crippen LogP contribution >= 0.6 is 23.2 Å². The monoisotopic (exact) mass is 548 g/mol. The van der Waals surface area contributed by atoms with Crippen molar-refractivity contribution in [3.63, 3.8) is 0 Å². The third kappa shape index (κ3) is 6.43. The Morgan fingerprint density at radius 1 is 1.05 bits per heavy atom. The number of aryl methyl sites for hydroxylation is 1. The number of rotatable bonds is 8. The van der Waals surface area contributed by atoms with E-state index in [4.69, 9.17) is 33.7 Å². The van der Waals surface area contributed by atoms with E-state index in [1.165, 1.54) is 11.0 Å². The number of para-hydroxylation sites is 1. The second kappa shape index (κ2) is 12.0. The maximum atomic E-state index is 12.8. The first-order valence-electron chi connectivity index (χ1n) is 11.8. The zero-order valence-corrected chi connectivity index (χ0v) is 22.4. The van der Waals surface area contributed by atoms with E-state index in [0.717, 1.165) is 22.2 Å². The summed E-state index contributed by atoms with van der Waals surface area (Å²) in [6.45, 7) is 1.78. The number of hydrogen-bond donors (Lipinski definition) is 2. The number of aromatic nitrogens is 1. The average Bonchev–Trinajstić information content (AvgIpc) is 2.91. The summed E-state index contributed by atoms with van der Waals surface area (Å²) >= 11 is 13.1. The van der Waals surface area contributed by atoms with Gasteiger partial charge in [0.1, 0.15) is 17.9 Å². The van der Waals surface area contributed by atoms with Crippen molar-refractivity contribution in [1.29, 1.82) is 0 Å². The zero-order valence-electron chi connectivity index (χ0n) is 20.9. The van der Waals surface area contributed by atoms with Crippen molar-refractivity contribution in [1.82, 2.24) is 10.3 Å². The van der Waals surface area contributed by atoms with E-state index in [1.807, 2.05) is 37.3 Å². The first-order valence-corrected chi connectivity index (χ1v) is 12.5. The van der Waals surface area contributed by atoms with Gasteiger partial charge in [-0.2, -0.15) is 0 Å². The zero-order chi connectivity index (χ0) is 27.2. The van der Waals surface area contributed by atoms with E-state index >= 15 is 0 Å². The van der Waals surface area contributed by atoms with Gasteiger partial charge in [0, 0.05) is 40.5 Å². The molecule has 0 bridgehead atoms. The Hall–Kier alpha value is -4.07. The third-order valence-corrected chi connectivity index (χ3v) is 6.65. The molecule has 0 aliphatic carbocycles. The number of nitrogens with zero attached hydrogens (tertiary/aromatic N) is 2. The second-order valence-electron chi connectivity index (χ2n) is 8.60. The number of ether oxygens (including phenoxy) is 1. The van der Waals surface area contributed by atoms with Crippen LogP contribution in [0.3, 0.4) is 0 Å². The summed E-state index contributed by atoms with van der Waals surface area (Å²) in [4.78, 5) is 30.9. The lowest BCUT2D eigenvalue weighted by Gasteiger charge is -2.21. The molecule has 4 aromatic rings. The molecule has 7 nitrogen and oxygen atoms in total. The van der Waals surface area contributed by atoms with E-state index in [2.05, 4.69) is 10.3 Å². The lowest BCUT2D eigenvalue weighted by molar-refractivity contribution is -0.122. The van der Waals surface area contributed by atoms with Crippen molar-refractivity contribution >= 4 is 63.4 Å². The molecule has 3 aromatic carbocycles. The summed E-state index contributed by atoms with van der Waals surface area (Å²) in [6.07, 6.45) is 2.99. The number of halogens is 2. The number of nitrogens with two attached hydrogens (primary N) is 1. The van der Waals surface area contributed by atoms with E-state index in [9.17, 15) is 9.59 Å². The van der Waals surface area contributed by atoms with E-state index in [1.54, 1.807) is 49.5 Å². The van der Waals surface area contributed by atoms with Gasteiger partial charge in [0.15, 0.2) is 0 Å². The van der Waals surface area contributed by atoms with Gasteiger partial charge in [0.25, 0.3) is 0 Å². The molecular formula is C29H26Cl2N4O3. The van der Waals surface area contributed by atoms with Gasteiger partial charge < -0.3 is 20.7 Å². The van der Waals surface area contributed by atoms with Gasteiger partial charge in [-0.15, -0.1) is 0 Å². The predicted molar refractivity (Wildman–Crippen MR) is 154 cm³/mol. The Labute approximate surface area is 230 Å². The van der Waals surface area contributed by atoms with Gasteiger partial charge >= 0.3 is 0 Å². The number of pyridine rings is 1. The van der Waals surface area contributed by atoms with Crippen LogP contribution in [0.1, 0.15) is 16.8 Å². The second-order valence-corrected chi connectivity index (χ2v) is 9.38. The molecule has 4 rings (SSSR count). The SMILES string of the molecule is Cc1ccc2cccc(OCc3c(Cl)ccc(N(C)C(=O)CNC(=O)C=Cc4ccc(N)cc4)c3Cl)c2n1. The maximum Gasteiger partial charge on any atom is 0.246 e. The molecule has 1 aromatic heterocycles. The number of nitrogens with one attached hydrogen (secondary N) is 1. The molecule has 0 unspecified atom stereocenters. The Morgan fingerprint density at radius 3 is 2.58 bits per heavy atom. The Morgan fingerprint density at radius 2 is 1.82 bits per heavy atom. The highest BCUT2D eigenvalue weighted by Gasteiger charge is 2.19. The fraction of sp³-hybridized carbons (Fsp3) is 0.138. The molecule has 0 aliphatic rings. The van der Waals surface area contributed by atoms with E-state index in [0.29, 0.717) is 27.7 Å². The van der Waals surface area contributed by atoms with Crippen LogP contribution in [0.5, 0.6) is 5.75 Å². The molecule has 0 saturated carbocycles.